The van der Waals surface area contributed by atoms with Crippen molar-refractivity contribution in [3.05, 3.63) is 56.9 Å². The Balaban J connectivity index is 1.62. The highest BCUT2D eigenvalue weighted by Crippen LogP contribution is 2.28. The molecule has 1 saturated heterocycles. The van der Waals surface area contributed by atoms with Crippen LogP contribution in [0.2, 0.25) is 0 Å². The number of H-pyrrole nitrogens is 1. The smallest absolute Gasteiger partial charge is 0.330 e. The maximum atomic E-state index is 11.8. The van der Waals surface area contributed by atoms with Gasteiger partial charge in [0.1, 0.15) is 24.9 Å². The van der Waals surface area contributed by atoms with Gasteiger partial charge in [-0.1, -0.05) is 5.16 Å². The number of phenols is 2. The van der Waals surface area contributed by atoms with Crippen molar-refractivity contribution < 1.29 is 30.0 Å². The average Bonchev–Trinajstić information content (AvgIpc) is 2.90. The quantitative estimate of drug-likeness (QED) is 0.241. The molecule has 0 radical (unpaired) electrons. The molecule has 0 spiro atoms. The first-order valence-corrected chi connectivity index (χ1v) is 7.87. The number of hydrogen-bond donors (Lipinski definition) is 5. The molecule has 1 fully saturated rings. The highest BCUT2D eigenvalue weighted by Gasteiger charge is 2.44. The van der Waals surface area contributed by atoms with E-state index < -0.39 is 35.8 Å². The number of hydrogen-bond acceptors (Lipinski definition) is 9. The van der Waals surface area contributed by atoms with Crippen molar-refractivity contribution in [1.29, 1.82) is 0 Å². The fourth-order valence-corrected chi connectivity index (χ4v) is 2.56. The van der Waals surface area contributed by atoms with Gasteiger partial charge in [0.15, 0.2) is 17.7 Å². The van der Waals surface area contributed by atoms with E-state index in [0.29, 0.717) is 5.56 Å². The van der Waals surface area contributed by atoms with Crippen LogP contribution in [-0.2, 0) is 9.57 Å². The summed E-state index contributed by atoms with van der Waals surface area (Å²) < 4.78 is 6.40. The highest BCUT2D eigenvalue weighted by atomic mass is 16.6. The fraction of sp³-hybridized carbons (Fsp3) is 0.312. The molecule has 2 heterocycles. The molecular formula is C16H17N3O8. The summed E-state index contributed by atoms with van der Waals surface area (Å²) in [4.78, 5) is 30.0. The Morgan fingerprint density at radius 3 is 2.67 bits per heavy atom. The summed E-state index contributed by atoms with van der Waals surface area (Å²) in [7, 11) is 0. The minimum absolute atomic E-state index is 0.229. The van der Waals surface area contributed by atoms with Gasteiger partial charge in [-0.05, 0) is 23.8 Å². The van der Waals surface area contributed by atoms with Gasteiger partial charge < -0.3 is 30.0 Å². The number of aliphatic hydroxyl groups is 2. The Bertz CT molecular complexity index is 953. The lowest BCUT2D eigenvalue weighted by molar-refractivity contribution is -0.0677. The second-order valence-corrected chi connectivity index (χ2v) is 5.84. The van der Waals surface area contributed by atoms with Gasteiger partial charge in [0.05, 0.1) is 6.21 Å². The summed E-state index contributed by atoms with van der Waals surface area (Å²) in [5, 5.41) is 42.4. The van der Waals surface area contributed by atoms with Gasteiger partial charge in [-0.2, -0.15) is 0 Å². The van der Waals surface area contributed by atoms with E-state index in [-0.39, 0.29) is 18.1 Å². The topological polar surface area (TPSA) is 167 Å². The molecule has 0 bridgehead atoms. The van der Waals surface area contributed by atoms with E-state index in [1.807, 2.05) is 4.98 Å². The molecule has 1 aliphatic heterocycles. The van der Waals surface area contributed by atoms with E-state index >= 15 is 0 Å². The van der Waals surface area contributed by atoms with Crippen LogP contribution in [0.4, 0.5) is 0 Å². The molecule has 4 atom stereocenters. The Hall–Kier alpha value is -3.15. The largest absolute Gasteiger partial charge is 0.504 e. The van der Waals surface area contributed by atoms with Crippen molar-refractivity contribution in [3.8, 4) is 11.5 Å². The third kappa shape index (κ3) is 4.00. The molecule has 1 aliphatic rings. The number of nitrogens with one attached hydrogen (secondary N) is 1. The average molecular weight is 379 g/mol. The molecule has 2 aromatic rings. The lowest BCUT2D eigenvalue weighted by atomic mass is 10.1. The van der Waals surface area contributed by atoms with Crippen LogP contribution in [0.25, 0.3) is 0 Å². The van der Waals surface area contributed by atoms with Crippen LogP contribution in [0.5, 0.6) is 11.5 Å². The summed E-state index contributed by atoms with van der Waals surface area (Å²) >= 11 is 0. The third-order valence-corrected chi connectivity index (χ3v) is 3.98. The monoisotopic (exact) mass is 379 g/mol. The van der Waals surface area contributed by atoms with Gasteiger partial charge in [-0.3, -0.25) is 14.3 Å². The zero-order valence-corrected chi connectivity index (χ0v) is 13.8. The van der Waals surface area contributed by atoms with Crippen molar-refractivity contribution in [2.75, 3.05) is 6.61 Å². The predicted octanol–water partition coefficient (Wildman–Crippen LogP) is -1.38. The zero-order valence-electron chi connectivity index (χ0n) is 13.8. The minimum atomic E-state index is -1.42. The maximum absolute atomic E-state index is 11.8. The summed E-state index contributed by atoms with van der Waals surface area (Å²) in [6.45, 7) is -0.229. The molecule has 11 heteroatoms. The fourth-order valence-electron chi connectivity index (χ4n) is 2.56. The van der Waals surface area contributed by atoms with E-state index in [0.717, 1.165) is 16.8 Å². The third-order valence-electron chi connectivity index (χ3n) is 3.98. The summed E-state index contributed by atoms with van der Waals surface area (Å²) in [5.74, 6) is -0.584. The first-order chi connectivity index (χ1) is 12.9. The number of oxime groups is 1. The van der Waals surface area contributed by atoms with Gasteiger partial charge in [-0.15, -0.1) is 0 Å². The molecule has 11 nitrogen and oxygen atoms in total. The number of aromatic nitrogens is 2. The number of aliphatic hydroxyl groups excluding tert-OH is 2. The number of ether oxygens (including phenoxy) is 1. The van der Waals surface area contributed by atoms with E-state index in [1.165, 1.54) is 24.4 Å². The van der Waals surface area contributed by atoms with Gasteiger partial charge >= 0.3 is 5.69 Å². The van der Waals surface area contributed by atoms with Gasteiger partial charge in [0.2, 0.25) is 0 Å². The lowest BCUT2D eigenvalue weighted by Crippen LogP contribution is -2.37. The van der Waals surface area contributed by atoms with Gasteiger partial charge in [0.25, 0.3) is 5.56 Å². The Labute approximate surface area is 151 Å². The minimum Gasteiger partial charge on any atom is -0.504 e. The molecule has 5 N–H and O–H groups in total. The summed E-state index contributed by atoms with van der Waals surface area (Å²) in [5.41, 5.74) is -0.930. The second kappa shape index (κ2) is 7.61. The molecule has 144 valence electrons. The van der Waals surface area contributed by atoms with Crippen molar-refractivity contribution in [1.82, 2.24) is 9.55 Å². The molecular weight excluding hydrogens is 362 g/mol. The number of aromatic hydroxyl groups is 2. The number of nitrogens with zero attached hydrogens (tertiary/aromatic N) is 2. The van der Waals surface area contributed by atoms with Gasteiger partial charge in [0, 0.05) is 12.3 Å². The highest BCUT2D eigenvalue weighted by molar-refractivity contribution is 5.80. The normalized spacial score (nSPS) is 25.1. The second-order valence-electron chi connectivity index (χ2n) is 5.84. The SMILES string of the molecule is O=c1ccn(C2OC(CON=Cc3ccc(O)c(O)c3)C(O)C2O)c(=O)[nH]1. The number of phenolic OH excluding ortho intramolecular Hbond substituents is 2. The number of aromatic amines is 1. The molecule has 3 rings (SSSR count). The Morgan fingerprint density at radius 2 is 1.96 bits per heavy atom. The van der Waals surface area contributed by atoms with Crippen LogP contribution in [0.1, 0.15) is 11.8 Å². The van der Waals surface area contributed by atoms with Crippen LogP contribution < -0.4 is 11.2 Å². The molecule has 0 amide bonds. The van der Waals surface area contributed by atoms with E-state index in [1.54, 1.807) is 0 Å². The van der Waals surface area contributed by atoms with Crippen molar-refractivity contribution >= 4 is 6.21 Å². The molecule has 1 aromatic heterocycles. The summed E-state index contributed by atoms with van der Waals surface area (Å²) in [6.07, 6.45) is -2.52. The first kappa shape index (κ1) is 18.6. The van der Waals surface area contributed by atoms with E-state index in [9.17, 15) is 30.0 Å². The predicted molar refractivity (Wildman–Crippen MR) is 90.6 cm³/mol. The van der Waals surface area contributed by atoms with Crippen molar-refractivity contribution in [3.63, 3.8) is 0 Å². The van der Waals surface area contributed by atoms with Crippen molar-refractivity contribution in [2.45, 2.75) is 24.5 Å². The molecule has 0 saturated carbocycles. The molecule has 1 aromatic carbocycles. The van der Waals surface area contributed by atoms with E-state index in [4.69, 9.17) is 9.57 Å². The molecule has 4 unspecified atom stereocenters. The maximum Gasteiger partial charge on any atom is 0.330 e. The van der Waals surface area contributed by atoms with Crippen LogP contribution in [-0.4, -0.2) is 61.1 Å². The zero-order chi connectivity index (χ0) is 19.6. The molecule has 0 aliphatic carbocycles. The van der Waals surface area contributed by atoms with Crippen LogP contribution in [0, 0.1) is 0 Å². The number of rotatable bonds is 5. The Kier molecular flexibility index (Phi) is 5.26. The van der Waals surface area contributed by atoms with E-state index in [2.05, 4.69) is 5.16 Å². The lowest BCUT2D eigenvalue weighted by Gasteiger charge is -2.16. The van der Waals surface area contributed by atoms with Gasteiger partial charge in [-0.25, -0.2) is 4.79 Å². The standard InChI is InChI=1S/C16H17N3O8/c20-9-2-1-8(5-10(9)21)6-17-26-7-11-13(23)14(24)15(27-11)19-4-3-12(22)18-16(19)25/h1-6,11,13-15,20-21,23-24H,7H2,(H,18,22,25). The number of benzene rings is 1. The van der Waals surface area contributed by atoms with Crippen LogP contribution in [0.3, 0.4) is 0 Å². The molecule has 27 heavy (non-hydrogen) atoms. The van der Waals surface area contributed by atoms with Crippen molar-refractivity contribution in [2.24, 2.45) is 5.16 Å². The first-order valence-electron chi connectivity index (χ1n) is 7.87. The van der Waals surface area contributed by atoms with Crippen LogP contribution >= 0.6 is 0 Å². The van der Waals surface area contributed by atoms with Crippen LogP contribution in [0.15, 0.2) is 45.2 Å². The summed E-state index contributed by atoms with van der Waals surface area (Å²) in [6, 6.07) is 5.13. The Morgan fingerprint density at radius 1 is 1.19 bits per heavy atom.